The van der Waals surface area contributed by atoms with E-state index >= 15 is 0 Å². The van der Waals surface area contributed by atoms with Crippen LogP contribution in [0.25, 0.3) is 11.3 Å². The number of nitrogens with one attached hydrogen (secondary N) is 2. The number of aromatic nitrogens is 3. The summed E-state index contributed by atoms with van der Waals surface area (Å²) in [4.78, 5) is 25.4. The van der Waals surface area contributed by atoms with E-state index in [0.717, 1.165) is 59.8 Å². The van der Waals surface area contributed by atoms with Crippen LogP contribution in [0.1, 0.15) is 38.3 Å². The topological polar surface area (TPSA) is 96.0 Å². The molecule has 0 aromatic carbocycles. The molecule has 1 fully saturated rings. The molecule has 0 radical (unpaired) electrons. The summed E-state index contributed by atoms with van der Waals surface area (Å²) in [6.07, 6.45) is 11.7. The first kappa shape index (κ1) is 17.8. The molecule has 1 amide bonds. The van der Waals surface area contributed by atoms with Crippen LogP contribution in [-0.4, -0.2) is 50.7 Å². The van der Waals surface area contributed by atoms with Crippen LogP contribution in [0.2, 0.25) is 0 Å². The maximum absolute atomic E-state index is 11.2. The van der Waals surface area contributed by atoms with Gasteiger partial charge in [0, 0.05) is 30.8 Å². The number of amides is 1. The zero-order valence-electron chi connectivity index (χ0n) is 16.3. The molecular weight excluding hydrogens is 366 g/mol. The van der Waals surface area contributed by atoms with Gasteiger partial charge in [0.1, 0.15) is 5.84 Å². The second-order valence-corrected chi connectivity index (χ2v) is 7.71. The van der Waals surface area contributed by atoms with Crippen molar-refractivity contribution in [3.05, 3.63) is 47.9 Å². The van der Waals surface area contributed by atoms with Crippen molar-refractivity contribution in [2.45, 2.75) is 44.7 Å². The molecule has 8 nitrogen and oxygen atoms in total. The minimum Gasteiger partial charge on any atom is -0.378 e. The van der Waals surface area contributed by atoms with E-state index in [1.165, 1.54) is 0 Å². The van der Waals surface area contributed by atoms with Crippen LogP contribution in [0.5, 0.6) is 0 Å². The summed E-state index contributed by atoms with van der Waals surface area (Å²) in [6, 6.07) is 4.41. The van der Waals surface area contributed by atoms with Crippen molar-refractivity contribution >= 4 is 28.8 Å². The van der Waals surface area contributed by atoms with Gasteiger partial charge in [-0.1, -0.05) is 0 Å². The standard InChI is InChI=1S/C21H23N7O/c1-13(29)24-15-2-4-16(5-3-15)25-20-11-14-10-18(22-12-19(14)26-20)17-7-9-28-21(27-17)6-8-23-28/h6-11,15-16,22H,2-5,12H2,1H3,(H,24,29). The Kier molecular flexibility index (Phi) is 4.46. The molecule has 2 aromatic rings. The number of amidine groups is 1. The van der Waals surface area contributed by atoms with Gasteiger partial charge in [0.15, 0.2) is 5.65 Å². The van der Waals surface area contributed by atoms with Gasteiger partial charge in [-0.2, -0.15) is 5.10 Å². The van der Waals surface area contributed by atoms with E-state index < -0.39 is 0 Å². The van der Waals surface area contributed by atoms with Gasteiger partial charge in [-0.15, -0.1) is 0 Å². The largest absolute Gasteiger partial charge is 0.378 e. The number of allylic oxidation sites excluding steroid dienone is 1. The van der Waals surface area contributed by atoms with E-state index in [-0.39, 0.29) is 18.0 Å². The Bertz CT molecular complexity index is 1080. The van der Waals surface area contributed by atoms with Gasteiger partial charge in [0.2, 0.25) is 5.91 Å². The summed E-state index contributed by atoms with van der Waals surface area (Å²) < 4.78 is 1.75. The summed E-state index contributed by atoms with van der Waals surface area (Å²) >= 11 is 0. The average Bonchev–Trinajstić information content (AvgIpc) is 3.34. The fraction of sp³-hybridized carbons (Fsp3) is 0.381. The molecule has 1 aliphatic carbocycles. The highest BCUT2D eigenvalue weighted by Gasteiger charge is 2.24. The number of hydrogen-bond donors (Lipinski definition) is 2. The van der Waals surface area contributed by atoms with E-state index in [1.54, 1.807) is 17.6 Å². The highest BCUT2D eigenvalue weighted by atomic mass is 16.1. The third-order valence-electron chi connectivity index (χ3n) is 5.57. The summed E-state index contributed by atoms with van der Waals surface area (Å²) in [5, 5.41) is 10.6. The summed E-state index contributed by atoms with van der Waals surface area (Å²) in [5.74, 6) is 0.851. The monoisotopic (exact) mass is 389 g/mol. The maximum atomic E-state index is 11.2. The second-order valence-electron chi connectivity index (χ2n) is 7.71. The lowest BCUT2D eigenvalue weighted by atomic mass is 9.91. The fourth-order valence-electron chi connectivity index (χ4n) is 4.13. The first-order valence-electron chi connectivity index (χ1n) is 10.0. The SMILES string of the molecule is CC(=O)NC1CCC(N=C2C=C3C=C(c4ccn5nccc5n4)NCC3=N2)CC1. The minimum atomic E-state index is 0.0488. The molecule has 0 unspecified atom stereocenters. The van der Waals surface area contributed by atoms with Gasteiger partial charge in [-0.3, -0.25) is 9.79 Å². The van der Waals surface area contributed by atoms with Crippen LogP contribution in [-0.2, 0) is 4.79 Å². The second kappa shape index (κ2) is 7.27. The lowest BCUT2D eigenvalue weighted by Gasteiger charge is -2.26. The number of carbonyl (C=O) groups excluding carboxylic acids is 1. The molecule has 29 heavy (non-hydrogen) atoms. The molecular formula is C21H23N7O. The molecule has 148 valence electrons. The van der Waals surface area contributed by atoms with Crippen LogP contribution in [0.4, 0.5) is 0 Å². The lowest BCUT2D eigenvalue weighted by molar-refractivity contribution is -0.119. The van der Waals surface area contributed by atoms with Crippen LogP contribution >= 0.6 is 0 Å². The molecule has 2 N–H and O–H groups in total. The molecule has 3 aliphatic rings. The molecule has 0 atom stereocenters. The quantitative estimate of drug-likeness (QED) is 0.838. The Hall–Kier alpha value is -3.29. The van der Waals surface area contributed by atoms with Crippen molar-refractivity contribution in [1.82, 2.24) is 25.2 Å². The molecule has 0 bridgehead atoms. The predicted octanol–water partition coefficient (Wildman–Crippen LogP) is 1.90. The molecule has 8 heteroatoms. The number of hydrogen-bond acceptors (Lipinski definition) is 5. The van der Waals surface area contributed by atoms with Crippen molar-refractivity contribution in [1.29, 1.82) is 0 Å². The molecule has 1 saturated carbocycles. The molecule has 0 saturated heterocycles. The van der Waals surface area contributed by atoms with Crippen LogP contribution in [0, 0.1) is 0 Å². The molecule has 2 aliphatic heterocycles. The number of carbonyl (C=O) groups is 1. The first-order chi connectivity index (χ1) is 14.1. The molecule has 2 aromatic heterocycles. The lowest BCUT2D eigenvalue weighted by Crippen LogP contribution is -2.37. The number of rotatable bonds is 3. The average molecular weight is 389 g/mol. The van der Waals surface area contributed by atoms with Gasteiger partial charge < -0.3 is 10.6 Å². The van der Waals surface area contributed by atoms with Crippen LogP contribution in [0.3, 0.4) is 0 Å². The van der Waals surface area contributed by atoms with Gasteiger partial charge in [0.05, 0.1) is 35.9 Å². The Morgan fingerprint density at radius 2 is 2.10 bits per heavy atom. The smallest absolute Gasteiger partial charge is 0.217 e. The zero-order chi connectivity index (χ0) is 19.8. The molecule has 4 heterocycles. The Labute approximate surface area is 168 Å². The third kappa shape index (κ3) is 3.70. The van der Waals surface area contributed by atoms with E-state index in [1.807, 2.05) is 18.3 Å². The Morgan fingerprint density at radius 3 is 2.93 bits per heavy atom. The molecule has 0 spiro atoms. The first-order valence-corrected chi connectivity index (χ1v) is 10.0. The minimum absolute atomic E-state index is 0.0488. The number of aliphatic imine (C=N–C) groups is 2. The van der Waals surface area contributed by atoms with Crippen molar-refractivity contribution < 1.29 is 4.79 Å². The third-order valence-corrected chi connectivity index (χ3v) is 5.57. The Morgan fingerprint density at radius 1 is 1.24 bits per heavy atom. The summed E-state index contributed by atoms with van der Waals surface area (Å²) in [7, 11) is 0. The summed E-state index contributed by atoms with van der Waals surface area (Å²) in [6.45, 7) is 2.24. The maximum Gasteiger partial charge on any atom is 0.217 e. The van der Waals surface area contributed by atoms with Gasteiger partial charge in [0.25, 0.3) is 0 Å². The molecule has 5 rings (SSSR count). The van der Waals surface area contributed by atoms with Gasteiger partial charge >= 0.3 is 0 Å². The van der Waals surface area contributed by atoms with Crippen molar-refractivity contribution in [2.75, 3.05) is 6.54 Å². The van der Waals surface area contributed by atoms with E-state index in [0.29, 0.717) is 6.54 Å². The van der Waals surface area contributed by atoms with Gasteiger partial charge in [-0.05, 0) is 43.9 Å². The number of nitrogens with zero attached hydrogens (tertiary/aromatic N) is 5. The van der Waals surface area contributed by atoms with Crippen molar-refractivity contribution in [3.63, 3.8) is 0 Å². The van der Waals surface area contributed by atoms with Crippen LogP contribution < -0.4 is 10.6 Å². The highest BCUT2D eigenvalue weighted by molar-refractivity contribution is 6.22. The zero-order valence-corrected chi connectivity index (χ0v) is 16.3. The van der Waals surface area contributed by atoms with Crippen molar-refractivity contribution in [2.24, 2.45) is 9.98 Å². The van der Waals surface area contributed by atoms with E-state index in [9.17, 15) is 4.79 Å². The van der Waals surface area contributed by atoms with Crippen LogP contribution in [0.15, 0.2) is 52.2 Å². The van der Waals surface area contributed by atoms with E-state index in [4.69, 9.17) is 9.98 Å². The highest BCUT2D eigenvalue weighted by Crippen LogP contribution is 2.25. The summed E-state index contributed by atoms with van der Waals surface area (Å²) in [5.41, 5.74) is 4.81. The van der Waals surface area contributed by atoms with Crippen molar-refractivity contribution in [3.8, 4) is 0 Å². The normalized spacial score (nSPS) is 25.1. The fourth-order valence-corrected chi connectivity index (χ4v) is 4.13. The van der Waals surface area contributed by atoms with E-state index in [2.05, 4.69) is 32.9 Å². The number of fused-ring (bicyclic) bond motifs is 2. The van der Waals surface area contributed by atoms with Gasteiger partial charge in [-0.25, -0.2) is 14.5 Å². The Balaban J connectivity index is 1.31. The predicted molar refractivity (Wildman–Crippen MR) is 112 cm³/mol.